The Labute approximate surface area is 175 Å². The average molecular weight is 443 g/mol. The first-order valence-corrected chi connectivity index (χ1v) is 9.29. The molecular formula is C19H18ClF3N4O3. The fourth-order valence-corrected chi connectivity index (χ4v) is 3.16. The van der Waals surface area contributed by atoms with Crippen molar-refractivity contribution in [2.75, 3.05) is 41.7 Å². The highest BCUT2D eigenvalue weighted by Crippen LogP contribution is 2.33. The van der Waals surface area contributed by atoms with Crippen molar-refractivity contribution in [2.45, 2.75) is 6.18 Å². The number of piperazine rings is 1. The summed E-state index contributed by atoms with van der Waals surface area (Å²) in [4.78, 5) is 26.5. The maximum Gasteiger partial charge on any atom is 0.416 e. The summed E-state index contributed by atoms with van der Waals surface area (Å²) in [6.07, 6.45) is -5.50. The number of amides is 3. The molecule has 7 nitrogen and oxygen atoms in total. The zero-order valence-corrected chi connectivity index (χ0v) is 16.3. The number of carboxylic acid groups (broad SMARTS) is 1. The number of hydrogen-bond donors (Lipinski definition) is 3. The van der Waals surface area contributed by atoms with Gasteiger partial charge in [-0.1, -0.05) is 11.6 Å². The lowest BCUT2D eigenvalue weighted by molar-refractivity contribution is -0.137. The van der Waals surface area contributed by atoms with Gasteiger partial charge in [0.1, 0.15) is 0 Å². The van der Waals surface area contributed by atoms with E-state index in [4.69, 9.17) is 16.7 Å². The summed E-state index contributed by atoms with van der Waals surface area (Å²) in [6, 6.07) is 8.76. The number of carbonyl (C=O) groups is 2. The second-order valence-electron chi connectivity index (χ2n) is 6.58. The molecule has 2 aromatic rings. The third kappa shape index (κ3) is 5.26. The van der Waals surface area contributed by atoms with Crippen molar-refractivity contribution in [1.82, 2.24) is 4.90 Å². The number of carbonyl (C=O) groups excluding carboxylic acids is 1. The van der Waals surface area contributed by atoms with E-state index in [2.05, 4.69) is 10.6 Å². The molecule has 1 saturated heterocycles. The van der Waals surface area contributed by atoms with E-state index in [1.807, 2.05) is 4.90 Å². The molecule has 3 amide bonds. The smallest absolute Gasteiger partial charge is 0.416 e. The molecule has 0 aliphatic carbocycles. The lowest BCUT2D eigenvalue weighted by Crippen LogP contribution is -2.48. The molecule has 30 heavy (non-hydrogen) atoms. The first-order chi connectivity index (χ1) is 14.1. The Bertz CT molecular complexity index is 930. The van der Waals surface area contributed by atoms with Crippen molar-refractivity contribution in [1.29, 1.82) is 0 Å². The van der Waals surface area contributed by atoms with Crippen LogP contribution in [0.4, 0.5) is 39.8 Å². The predicted molar refractivity (Wildman–Crippen MR) is 107 cm³/mol. The lowest BCUT2D eigenvalue weighted by Gasteiger charge is -2.34. The number of alkyl halides is 3. The first kappa shape index (κ1) is 21.6. The zero-order valence-electron chi connectivity index (χ0n) is 15.5. The largest absolute Gasteiger partial charge is 0.465 e. The minimum atomic E-state index is -4.55. The van der Waals surface area contributed by atoms with Crippen molar-refractivity contribution >= 4 is 40.8 Å². The minimum Gasteiger partial charge on any atom is -0.465 e. The Kier molecular flexibility index (Phi) is 6.25. The van der Waals surface area contributed by atoms with Crippen LogP contribution >= 0.6 is 11.6 Å². The Hall–Kier alpha value is -3.14. The van der Waals surface area contributed by atoms with Crippen molar-refractivity contribution in [3.8, 4) is 0 Å². The Morgan fingerprint density at radius 1 is 0.967 bits per heavy atom. The first-order valence-electron chi connectivity index (χ1n) is 8.91. The number of nitrogens with zero attached hydrogens (tertiary/aromatic N) is 2. The molecule has 0 atom stereocenters. The Balaban J connectivity index is 1.60. The van der Waals surface area contributed by atoms with Gasteiger partial charge in [-0.15, -0.1) is 0 Å². The predicted octanol–water partition coefficient (Wildman–Crippen LogP) is 4.80. The maximum atomic E-state index is 12.8. The van der Waals surface area contributed by atoms with Gasteiger partial charge in [-0.2, -0.15) is 13.2 Å². The molecule has 0 radical (unpaired) electrons. The number of halogens is 4. The highest BCUT2D eigenvalue weighted by Gasteiger charge is 2.31. The number of anilines is 3. The summed E-state index contributed by atoms with van der Waals surface area (Å²) in [5.74, 6) is 0. The van der Waals surface area contributed by atoms with E-state index in [9.17, 15) is 22.8 Å². The van der Waals surface area contributed by atoms with Crippen LogP contribution in [-0.4, -0.2) is 48.3 Å². The van der Waals surface area contributed by atoms with Gasteiger partial charge in [0.05, 0.1) is 16.3 Å². The quantitative estimate of drug-likeness (QED) is 0.637. The molecular weight excluding hydrogens is 425 g/mol. The summed E-state index contributed by atoms with van der Waals surface area (Å²) in [6.45, 7) is 1.90. The van der Waals surface area contributed by atoms with Crippen LogP contribution in [0.5, 0.6) is 0 Å². The highest BCUT2D eigenvalue weighted by atomic mass is 35.5. The van der Waals surface area contributed by atoms with Gasteiger partial charge < -0.3 is 25.5 Å². The molecule has 0 spiro atoms. The topological polar surface area (TPSA) is 84.9 Å². The van der Waals surface area contributed by atoms with Crippen LogP contribution in [-0.2, 0) is 6.18 Å². The zero-order chi connectivity index (χ0) is 21.9. The fourth-order valence-electron chi connectivity index (χ4n) is 2.99. The van der Waals surface area contributed by atoms with Crippen molar-refractivity contribution in [3.63, 3.8) is 0 Å². The minimum absolute atomic E-state index is 0.0194. The van der Waals surface area contributed by atoms with Crippen LogP contribution in [0.15, 0.2) is 42.5 Å². The Morgan fingerprint density at radius 2 is 1.60 bits per heavy atom. The second kappa shape index (κ2) is 8.70. The number of hydrogen-bond acceptors (Lipinski definition) is 3. The van der Waals surface area contributed by atoms with Gasteiger partial charge in [-0.3, -0.25) is 0 Å². The SMILES string of the molecule is O=C(Nc1ccc(N2CCN(C(=O)O)CC2)cc1)Nc1cc(C(F)(F)F)ccc1Cl. The van der Waals surface area contributed by atoms with Crippen LogP contribution in [0.1, 0.15) is 5.56 Å². The van der Waals surface area contributed by atoms with Gasteiger partial charge >= 0.3 is 18.3 Å². The molecule has 1 heterocycles. The molecule has 2 aromatic carbocycles. The van der Waals surface area contributed by atoms with Crippen LogP contribution < -0.4 is 15.5 Å². The molecule has 0 aromatic heterocycles. The lowest BCUT2D eigenvalue weighted by atomic mass is 10.2. The van der Waals surface area contributed by atoms with Crippen LogP contribution in [0.2, 0.25) is 5.02 Å². The van der Waals surface area contributed by atoms with Crippen molar-refractivity contribution in [3.05, 3.63) is 53.1 Å². The van der Waals surface area contributed by atoms with E-state index in [1.165, 1.54) is 4.90 Å². The van der Waals surface area contributed by atoms with Gasteiger partial charge in [0, 0.05) is 37.6 Å². The highest BCUT2D eigenvalue weighted by molar-refractivity contribution is 6.33. The van der Waals surface area contributed by atoms with Crippen molar-refractivity contribution in [2.24, 2.45) is 0 Å². The fraction of sp³-hybridized carbons (Fsp3) is 0.263. The van der Waals surface area contributed by atoms with E-state index in [1.54, 1.807) is 24.3 Å². The van der Waals surface area contributed by atoms with E-state index in [-0.39, 0.29) is 10.7 Å². The van der Waals surface area contributed by atoms with E-state index in [0.717, 1.165) is 23.9 Å². The normalized spacial score (nSPS) is 14.4. The van der Waals surface area contributed by atoms with Crippen LogP contribution in [0, 0.1) is 0 Å². The monoisotopic (exact) mass is 442 g/mol. The maximum absolute atomic E-state index is 12.8. The van der Waals surface area contributed by atoms with Crippen LogP contribution in [0.25, 0.3) is 0 Å². The summed E-state index contributed by atoms with van der Waals surface area (Å²) < 4.78 is 38.5. The summed E-state index contributed by atoms with van der Waals surface area (Å²) in [7, 11) is 0. The number of benzene rings is 2. The van der Waals surface area contributed by atoms with Gasteiger partial charge in [-0.25, -0.2) is 9.59 Å². The third-order valence-corrected chi connectivity index (χ3v) is 4.91. The van der Waals surface area contributed by atoms with E-state index >= 15 is 0 Å². The molecule has 1 fully saturated rings. The van der Waals surface area contributed by atoms with Gasteiger partial charge in [0.15, 0.2) is 0 Å². The summed E-state index contributed by atoms with van der Waals surface area (Å²) >= 11 is 5.87. The molecule has 0 bridgehead atoms. The average Bonchev–Trinajstić information content (AvgIpc) is 2.69. The number of rotatable bonds is 3. The molecule has 1 aliphatic rings. The summed E-state index contributed by atoms with van der Waals surface area (Å²) in [5, 5.41) is 13.8. The molecule has 160 valence electrons. The standard InChI is InChI=1S/C19H18ClF3N4O3/c20-15-6-1-12(19(21,22)23)11-16(15)25-17(28)24-13-2-4-14(5-3-13)26-7-9-27(10-8-26)18(29)30/h1-6,11H,7-10H2,(H,29,30)(H2,24,25,28). The molecule has 3 N–H and O–H groups in total. The van der Waals surface area contributed by atoms with Gasteiger partial charge in [0.2, 0.25) is 0 Å². The van der Waals surface area contributed by atoms with Crippen LogP contribution in [0.3, 0.4) is 0 Å². The number of urea groups is 1. The molecule has 0 saturated carbocycles. The van der Waals surface area contributed by atoms with E-state index in [0.29, 0.717) is 31.9 Å². The third-order valence-electron chi connectivity index (χ3n) is 4.58. The Morgan fingerprint density at radius 3 is 2.17 bits per heavy atom. The molecule has 1 aliphatic heterocycles. The van der Waals surface area contributed by atoms with E-state index < -0.39 is 23.9 Å². The summed E-state index contributed by atoms with van der Waals surface area (Å²) in [5.41, 5.74) is 0.224. The van der Waals surface area contributed by atoms with Gasteiger partial charge in [-0.05, 0) is 42.5 Å². The number of nitrogens with one attached hydrogen (secondary N) is 2. The molecule has 11 heteroatoms. The molecule has 0 unspecified atom stereocenters. The second-order valence-corrected chi connectivity index (χ2v) is 6.98. The van der Waals surface area contributed by atoms with Gasteiger partial charge in [0.25, 0.3) is 0 Å². The molecule has 3 rings (SSSR count). The van der Waals surface area contributed by atoms with Crippen molar-refractivity contribution < 1.29 is 27.9 Å².